The smallest absolute Gasteiger partial charge is 0.170 e. The van der Waals surface area contributed by atoms with Crippen LogP contribution in [0.5, 0.6) is 0 Å². The van der Waals surface area contributed by atoms with Gasteiger partial charge in [0.05, 0.1) is 23.3 Å². The van der Waals surface area contributed by atoms with Crippen molar-refractivity contribution in [1.29, 1.82) is 10.5 Å². The molecule has 0 radical (unpaired) electrons. The number of nitrogens with zero attached hydrogens (tertiary/aromatic N) is 4. The number of azo groups is 1. The van der Waals surface area contributed by atoms with Crippen LogP contribution >= 0.6 is 0 Å². The summed E-state index contributed by atoms with van der Waals surface area (Å²) in [4.78, 5) is 0. The van der Waals surface area contributed by atoms with Gasteiger partial charge in [-0.3, -0.25) is 0 Å². The number of rotatable bonds is 14. The quantitative estimate of drug-likeness (QED) is 0.340. The highest BCUT2D eigenvalue weighted by Gasteiger charge is 2.41. The first kappa shape index (κ1) is 26.5. The Morgan fingerprint density at radius 3 is 1.14 bits per heavy atom. The van der Waals surface area contributed by atoms with Crippen LogP contribution in [-0.2, 0) is 9.47 Å². The van der Waals surface area contributed by atoms with E-state index in [0.717, 1.165) is 12.8 Å². The van der Waals surface area contributed by atoms with Crippen molar-refractivity contribution in [1.82, 2.24) is 0 Å². The maximum atomic E-state index is 9.94. The fourth-order valence-corrected chi connectivity index (χ4v) is 3.43. The molecule has 0 N–H and O–H groups in total. The highest BCUT2D eigenvalue weighted by Crippen LogP contribution is 2.36. The molecule has 0 saturated heterocycles. The maximum Gasteiger partial charge on any atom is 0.170 e. The predicted molar refractivity (Wildman–Crippen MR) is 112 cm³/mol. The lowest BCUT2D eigenvalue weighted by Gasteiger charge is -2.36. The van der Waals surface area contributed by atoms with Gasteiger partial charge >= 0.3 is 0 Å². The van der Waals surface area contributed by atoms with E-state index in [1.807, 2.05) is 55.4 Å². The second-order valence-electron chi connectivity index (χ2n) is 8.02. The number of ether oxygens (including phenoxy) is 2. The van der Waals surface area contributed by atoms with E-state index in [9.17, 15) is 10.5 Å². The third-order valence-corrected chi connectivity index (χ3v) is 5.83. The molecule has 0 aliphatic heterocycles. The molecular formula is C22H40N4O2. The van der Waals surface area contributed by atoms with Crippen LogP contribution in [0.3, 0.4) is 0 Å². The third kappa shape index (κ3) is 7.15. The average molecular weight is 393 g/mol. The third-order valence-electron chi connectivity index (χ3n) is 5.83. The molecule has 4 atom stereocenters. The highest BCUT2D eigenvalue weighted by molar-refractivity contribution is 5.13. The van der Waals surface area contributed by atoms with Gasteiger partial charge in [0.1, 0.15) is 0 Å². The minimum absolute atomic E-state index is 0.447. The molecule has 0 aromatic carbocycles. The van der Waals surface area contributed by atoms with Gasteiger partial charge in [0.25, 0.3) is 0 Å². The van der Waals surface area contributed by atoms with E-state index in [1.54, 1.807) is 0 Å². The summed E-state index contributed by atoms with van der Waals surface area (Å²) in [6, 6.07) is 4.71. The summed E-state index contributed by atoms with van der Waals surface area (Å²) in [6.45, 7) is 17.0. The average Bonchev–Trinajstić information content (AvgIpc) is 2.70. The lowest BCUT2D eigenvalue weighted by Crippen LogP contribution is -2.41. The zero-order chi connectivity index (χ0) is 21.9. The number of hydrogen-bond donors (Lipinski definition) is 0. The Labute approximate surface area is 172 Å². The van der Waals surface area contributed by atoms with Gasteiger partial charge in [-0.1, -0.05) is 27.7 Å². The van der Waals surface area contributed by atoms with Gasteiger partial charge in [0.15, 0.2) is 11.1 Å². The summed E-state index contributed by atoms with van der Waals surface area (Å²) in [5.74, 6) is 0. The molecule has 6 heteroatoms. The van der Waals surface area contributed by atoms with Crippen LogP contribution in [-0.4, -0.2) is 35.5 Å². The first-order valence-corrected chi connectivity index (χ1v) is 10.7. The molecule has 28 heavy (non-hydrogen) atoms. The molecule has 0 spiro atoms. The zero-order valence-electron chi connectivity index (χ0n) is 19.3. The largest absolute Gasteiger partial charge is 0.375 e. The molecule has 0 heterocycles. The lowest BCUT2D eigenvalue weighted by atomic mass is 9.82. The van der Waals surface area contributed by atoms with E-state index in [4.69, 9.17) is 9.47 Å². The SMILES string of the molecule is CCOC(C)(CC)CC(C#N)(CC)/N=N/C(C#N)(CC)CC(C)(CC)OCC. The van der Waals surface area contributed by atoms with Gasteiger partial charge in [-0.2, -0.15) is 20.8 Å². The molecule has 0 aromatic heterocycles. The van der Waals surface area contributed by atoms with E-state index in [-0.39, 0.29) is 0 Å². The molecular weight excluding hydrogens is 352 g/mol. The first-order valence-electron chi connectivity index (χ1n) is 10.7. The molecule has 0 aliphatic rings. The Morgan fingerprint density at radius 1 is 0.643 bits per heavy atom. The standard InChI is InChI=1S/C22H40N4O2/c1-9-19(7,27-13-5)15-21(11-3,17-23)25-26-22(12-4,18-24)16-20(8,10-2)28-14-6/h9-16H2,1-8H3/b26-25+. The summed E-state index contributed by atoms with van der Waals surface area (Å²) in [6.07, 6.45) is 3.46. The van der Waals surface area contributed by atoms with Crippen LogP contribution in [0.2, 0.25) is 0 Å². The van der Waals surface area contributed by atoms with Crippen LogP contribution in [0.1, 0.15) is 93.9 Å². The Bertz CT molecular complexity index is 532. The van der Waals surface area contributed by atoms with Crippen molar-refractivity contribution in [2.45, 2.75) is 116 Å². The first-order chi connectivity index (χ1) is 13.1. The second kappa shape index (κ2) is 11.5. The van der Waals surface area contributed by atoms with Crippen LogP contribution in [0.4, 0.5) is 0 Å². The Balaban J connectivity index is 5.92. The summed E-state index contributed by atoms with van der Waals surface area (Å²) in [5, 5.41) is 28.9. The Kier molecular flexibility index (Phi) is 10.9. The van der Waals surface area contributed by atoms with E-state index in [1.165, 1.54) is 0 Å². The van der Waals surface area contributed by atoms with E-state index < -0.39 is 22.3 Å². The molecule has 6 nitrogen and oxygen atoms in total. The summed E-state index contributed by atoms with van der Waals surface area (Å²) >= 11 is 0. The Hall–Kier alpha value is -1.50. The predicted octanol–water partition coefficient (Wildman–Crippen LogP) is 5.97. The number of hydrogen-bond acceptors (Lipinski definition) is 6. The van der Waals surface area contributed by atoms with Crippen molar-refractivity contribution in [2.75, 3.05) is 13.2 Å². The number of nitriles is 2. The van der Waals surface area contributed by atoms with Gasteiger partial charge in [-0.25, -0.2) is 0 Å². The highest BCUT2D eigenvalue weighted by atomic mass is 16.5. The zero-order valence-corrected chi connectivity index (χ0v) is 19.3. The van der Waals surface area contributed by atoms with E-state index >= 15 is 0 Å². The summed E-state index contributed by atoms with van der Waals surface area (Å²) in [5.41, 5.74) is -2.93. The normalized spacial score (nSPS) is 20.4. The summed E-state index contributed by atoms with van der Waals surface area (Å²) in [7, 11) is 0. The van der Waals surface area contributed by atoms with Crippen molar-refractivity contribution in [2.24, 2.45) is 10.2 Å². The van der Waals surface area contributed by atoms with Crippen molar-refractivity contribution >= 4 is 0 Å². The lowest BCUT2D eigenvalue weighted by molar-refractivity contribution is -0.0475. The maximum absolute atomic E-state index is 9.94. The van der Waals surface area contributed by atoms with Crippen LogP contribution in [0, 0.1) is 22.7 Å². The van der Waals surface area contributed by atoms with Gasteiger partial charge in [0, 0.05) is 26.1 Å². The van der Waals surface area contributed by atoms with Crippen LogP contribution < -0.4 is 0 Å². The minimum atomic E-state index is -1.01. The molecule has 0 aromatic rings. The topological polar surface area (TPSA) is 90.8 Å². The van der Waals surface area contributed by atoms with E-state index in [0.29, 0.717) is 38.9 Å². The van der Waals surface area contributed by atoms with Crippen LogP contribution in [0.15, 0.2) is 10.2 Å². The monoisotopic (exact) mass is 392 g/mol. The van der Waals surface area contributed by atoms with Crippen molar-refractivity contribution in [3.63, 3.8) is 0 Å². The fraction of sp³-hybridized carbons (Fsp3) is 0.909. The molecule has 0 saturated carbocycles. The van der Waals surface area contributed by atoms with Crippen molar-refractivity contribution in [3.05, 3.63) is 0 Å². The van der Waals surface area contributed by atoms with Crippen LogP contribution in [0.25, 0.3) is 0 Å². The molecule has 0 fully saturated rings. The Morgan fingerprint density at radius 2 is 0.964 bits per heavy atom. The van der Waals surface area contributed by atoms with Gasteiger partial charge in [-0.05, 0) is 53.4 Å². The second-order valence-corrected chi connectivity index (χ2v) is 8.02. The molecule has 0 rings (SSSR count). The molecule has 0 amide bonds. The van der Waals surface area contributed by atoms with Gasteiger partial charge in [0.2, 0.25) is 0 Å². The molecule has 0 bridgehead atoms. The van der Waals surface area contributed by atoms with Gasteiger partial charge < -0.3 is 9.47 Å². The van der Waals surface area contributed by atoms with Crippen molar-refractivity contribution in [3.8, 4) is 12.1 Å². The van der Waals surface area contributed by atoms with Gasteiger partial charge in [-0.15, -0.1) is 0 Å². The molecule has 160 valence electrons. The molecule has 0 aliphatic carbocycles. The fourth-order valence-electron chi connectivity index (χ4n) is 3.43. The molecule has 4 unspecified atom stereocenters. The summed E-state index contributed by atoms with van der Waals surface area (Å²) < 4.78 is 11.8. The minimum Gasteiger partial charge on any atom is -0.375 e. The van der Waals surface area contributed by atoms with Crippen molar-refractivity contribution < 1.29 is 9.47 Å². The van der Waals surface area contributed by atoms with E-state index in [2.05, 4.69) is 22.4 Å².